The summed E-state index contributed by atoms with van der Waals surface area (Å²) in [6.07, 6.45) is 3.25. The number of carboxylic acids is 1. The maximum atomic E-state index is 12.1. The Labute approximate surface area is 177 Å². The highest BCUT2D eigenvalue weighted by Gasteiger charge is 2.64. The van der Waals surface area contributed by atoms with Crippen molar-refractivity contribution in [3.63, 3.8) is 0 Å². The van der Waals surface area contributed by atoms with Gasteiger partial charge in [-0.1, -0.05) is 17.7 Å². The molecule has 4 N–H and O–H groups in total. The molecule has 162 valence electrons. The molecule has 2 aliphatic rings. The second-order valence-corrected chi connectivity index (χ2v) is 10.6. The summed E-state index contributed by atoms with van der Waals surface area (Å²) < 4.78 is 29.1. The second-order valence-electron chi connectivity index (χ2n) is 7.45. The molecule has 1 aromatic carbocycles. The van der Waals surface area contributed by atoms with Crippen LogP contribution in [0.5, 0.6) is 0 Å². The number of amides is 1. The van der Waals surface area contributed by atoms with E-state index in [1.165, 1.54) is 28.8 Å². The lowest BCUT2D eigenvalue weighted by molar-refractivity contribution is -0.158. The fourth-order valence-corrected chi connectivity index (χ4v) is 5.45. The molecule has 0 radical (unpaired) electrons. The number of carbonyl (C=O) groups excluding carboxylic acids is 1. The molecule has 30 heavy (non-hydrogen) atoms. The number of β-lactam (4-membered cyclic amide) rings is 1. The number of nitrogens with zero attached hydrogens (tertiary/aromatic N) is 2. The molecule has 4 rings (SSSR count). The van der Waals surface area contributed by atoms with Gasteiger partial charge >= 0.3 is 5.97 Å². The van der Waals surface area contributed by atoms with E-state index < -0.39 is 32.9 Å². The molecule has 10 nitrogen and oxygen atoms in total. The van der Waals surface area contributed by atoms with Gasteiger partial charge in [0, 0.05) is 17.1 Å². The zero-order valence-electron chi connectivity index (χ0n) is 16.4. The monoisotopic (exact) mass is 454 g/mol. The Morgan fingerprint density at radius 1 is 1.30 bits per heavy atom. The van der Waals surface area contributed by atoms with Gasteiger partial charge in [0.05, 0.1) is 4.90 Å². The van der Waals surface area contributed by atoms with Crippen LogP contribution in [0.25, 0.3) is 0 Å². The number of benzene rings is 1. The van der Waals surface area contributed by atoms with Crippen LogP contribution in [0, 0.1) is 6.92 Å². The number of carboxylic acid groups (broad SMARTS) is 1. The molecular formula is C18H22N4O6S2. The Kier molecular flexibility index (Phi) is 5.85. The van der Waals surface area contributed by atoms with Gasteiger partial charge in [-0.25, -0.2) is 9.78 Å². The molecule has 3 atom stereocenters. The van der Waals surface area contributed by atoms with Crippen molar-refractivity contribution >= 4 is 39.7 Å². The largest absolute Gasteiger partial charge is 0.480 e. The third-order valence-corrected chi connectivity index (χ3v) is 7.22. The lowest BCUT2D eigenvalue weighted by Gasteiger charge is -2.43. The number of H-pyrrole nitrogens is 1. The first kappa shape index (κ1) is 22.1. The van der Waals surface area contributed by atoms with Crippen LogP contribution >= 0.6 is 11.8 Å². The number of aromatic nitrogens is 2. The number of carbonyl (C=O) groups is 2. The minimum absolute atomic E-state index is 0.0666. The summed E-state index contributed by atoms with van der Waals surface area (Å²) in [5, 5.41) is 12.1. The number of hydrogen-bond donors (Lipinski definition) is 4. The molecule has 2 aromatic rings. The number of rotatable bonds is 4. The average molecular weight is 455 g/mol. The Morgan fingerprint density at radius 2 is 1.93 bits per heavy atom. The number of imidazole rings is 1. The van der Waals surface area contributed by atoms with Crippen LogP contribution in [0.2, 0.25) is 0 Å². The predicted octanol–water partition coefficient (Wildman–Crippen LogP) is 1.58. The van der Waals surface area contributed by atoms with Crippen LogP contribution in [0.1, 0.15) is 19.4 Å². The maximum Gasteiger partial charge on any atom is 0.327 e. The van der Waals surface area contributed by atoms with Crippen LogP contribution < -0.4 is 5.32 Å². The molecule has 2 saturated heterocycles. The summed E-state index contributed by atoms with van der Waals surface area (Å²) >= 11 is 1.51. The molecule has 0 aliphatic carbocycles. The molecule has 1 aromatic heterocycles. The van der Waals surface area contributed by atoms with Crippen LogP contribution in [-0.2, 0) is 19.7 Å². The van der Waals surface area contributed by atoms with E-state index in [1.54, 1.807) is 24.5 Å². The van der Waals surface area contributed by atoms with Crippen LogP contribution in [0.3, 0.4) is 0 Å². The van der Waals surface area contributed by atoms with Gasteiger partial charge in [0.2, 0.25) is 11.9 Å². The van der Waals surface area contributed by atoms with E-state index in [0.29, 0.717) is 5.95 Å². The van der Waals surface area contributed by atoms with Crippen molar-refractivity contribution in [3.8, 4) is 0 Å². The van der Waals surface area contributed by atoms with Gasteiger partial charge < -0.3 is 20.3 Å². The molecule has 0 saturated carbocycles. The van der Waals surface area contributed by atoms with E-state index in [9.17, 15) is 23.1 Å². The van der Waals surface area contributed by atoms with Gasteiger partial charge in [-0.15, -0.1) is 11.8 Å². The van der Waals surface area contributed by atoms with E-state index in [1.807, 2.05) is 20.8 Å². The third kappa shape index (κ3) is 4.30. The maximum absolute atomic E-state index is 12.1. The summed E-state index contributed by atoms with van der Waals surface area (Å²) in [5.41, 5.74) is 0.956. The molecular weight excluding hydrogens is 432 g/mol. The first-order valence-electron chi connectivity index (χ1n) is 8.94. The number of fused-ring (bicyclic) bond motifs is 1. The number of thioether (sulfide) groups is 1. The first-order valence-corrected chi connectivity index (χ1v) is 11.3. The Balaban J connectivity index is 0.000000199. The van der Waals surface area contributed by atoms with Gasteiger partial charge in [0.25, 0.3) is 10.1 Å². The normalized spacial score (nSPS) is 24.3. The zero-order chi connectivity index (χ0) is 22.3. The summed E-state index contributed by atoms with van der Waals surface area (Å²) in [6.45, 7) is 5.55. The van der Waals surface area contributed by atoms with Crippen molar-refractivity contribution in [2.45, 2.75) is 47.9 Å². The van der Waals surface area contributed by atoms with Crippen molar-refractivity contribution in [2.75, 3.05) is 5.32 Å². The number of hydrogen-bond acceptors (Lipinski definition) is 7. The van der Waals surface area contributed by atoms with Crippen LogP contribution in [-0.4, -0.2) is 67.0 Å². The standard InChI is InChI=1S/C11H14N4O3S.C7H8O3S/c1-11(2)6(9(17)18)15-7(16)5(8(15)19-11)14-10-12-3-4-13-10;1-6-2-4-7(5-3-6)11(8,9)10/h3-6,8H,1-2H3,(H,17,18)(H2,12,13,14);2-5H,1H3,(H,8,9,10)/t5?,6?,8-;/m1./s1. The lowest BCUT2D eigenvalue weighted by Crippen LogP contribution is -2.68. The highest BCUT2D eigenvalue weighted by atomic mass is 32.2. The van der Waals surface area contributed by atoms with Crippen molar-refractivity contribution in [1.29, 1.82) is 0 Å². The minimum atomic E-state index is -4.02. The SMILES string of the molecule is CC1(C)S[C@@H]2C(Nc3ncc[nH]3)C(=O)N2C1C(=O)O.Cc1ccc(S(=O)(=O)O)cc1. The summed E-state index contributed by atoms with van der Waals surface area (Å²) in [7, 11) is -4.02. The van der Waals surface area contributed by atoms with Gasteiger partial charge in [-0.05, 0) is 32.9 Å². The van der Waals surface area contributed by atoms with Gasteiger partial charge in [-0.3, -0.25) is 9.35 Å². The quantitative estimate of drug-likeness (QED) is 0.398. The molecule has 0 spiro atoms. The minimum Gasteiger partial charge on any atom is -0.480 e. The van der Waals surface area contributed by atoms with Gasteiger partial charge in [0.1, 0.15) is 17.5 Å². The molecule has 2 unspecified atom stereocenters. The number of aliphatic carboxylic acids is 1. The highest BCUT2D eigenvalue weighted by molar-refractivity contribution is 8.01. The van der Waals surface area contributed by atoms with E-state index in [0.717, 1.165) is 5.56 Å². The average Bonchev–Trinajstić information content (AvgIpc) is 3.23. The van der Waals surface area contributed by atoms with E-state index in [-0.39, 0.29) is 16.2 Å². The highest BCUT2D eigenvalue weighted by Crippen LogP contribution is 2.51. The fourth-order valence-electron chi connectivity index (χ4n) is 3.35. The number of nitrogens with one attached hydrogen (secondary N) is 2. The Morgan fingerprint density at radius 3 is 2.43 bits per heavy atom. The Hall–Kier alpha value is -2.57. The number of aromatic amines is 1. The summed E-state index contributed by atoms with van der Waals surface area (Å²) in [5.74, 6) is -0.619. The lowest BCUT2D eigenvalue weighted by atomic mass is 9.96. The Bertz CT molecular complexity index is 1040. The topological polar surface area (TPSA) is 153 Å². The molecule has 0 bridgehead atoms. The fraction of sp³-hybridized carbons (Fsp3) is 0.389. The van der Waals surface area contributed by atoms with Crippen molar-refractivity contribution < 1.29 is 27.7 Å². The zero-order valence-corrected chi connectivity index (χ0v) is 18.1. The summed E-state index contributed by atoms with van der Waals surface area (Å²) in [4.78, 5) is 31.7. The second kappa shape index (κ2) is 7.93. The predicted molar refractivity (Wildman–Crippen MR) is 111 cm³/mol. The number of anilines is 1. The van der Waals surface area contributed by atoms with E-state index in [4.69, 9.17) is 4.55 Å². The number of aryl methyl sites for hydroxylation is 1. The van der Waals surface area contributed by atoms with Crippen LogP contribution in [0.15, 0.2) is 41.6 Å². The van der Waals surface area contributed by atoms with Crippen molar-refractivity contribution in [1.82, 2.24) is 14.9 Å². The smallest absolute Gasteiger partial charge is 0.327 e. The molecule has 12 heteroatoms. The van der Waals surface area contributed by atoms with Gasteiger partial charge in [-0.2, -0.15) is 8.42 Å². The van der Waals surface area contributed by atoms with E-state index in [2.05, 4.69) is 15.3 Å². The van der Waals surface area contributed by atoms with Crippen LogP contribution in [0.4, 0.5) is 5.95 Å². The van der Waals surface area contributed by atoms with E-state index >= 15 is 0 Å². The molecule has 1 amide bonds. The molecule has 2 aliphatic heterocycles. The third-order valence-electron chi connectivity index (χ3n) is 4.78. The summed E-state index contributed by atoms with van der Waals surface area (Å²) in [6, 6.07) is 4.80. The molecule has 2 fully saturated rings. The molecule has 3 heterocycles. The van der Waals surface area contributed by atoms with Gasteiger partial charge in [0.15, 0.2) is 0 Å². The van der Waals surface area contributed by atoms with Crippen molar-refractivity contribution in [3.05, 3.63) is 42.2 Å². The van der Waals surface area contributed by atoms with Crippen molar-refractivity contribution in [2.24, 2.45) is 0 Å². The first-order chi connectivity index (χ1) is 13.9.